The van der Waals surface area contributed by atoms with E-state index in [1.165, 1.54) is 12.8 Å². The Morgan fingerprint density at radius 3 is 2.74 bits per heavy atom. The number of benzene rings is 1. The molecule has 0 aromatic heterocycles. The lowest BCUT2D eigenvalue weighted by molar-refractivity contribution is -0.133. The number of carbonyl (C=O) groups excluding carboxylic acids is 1. The maximum absolute atomic E-state index is 12.6. The molecule has 1 heterocycles. The van der Waals surface area contributed by atoms with Crippen molar-refractivity contribution < 1.29 is 4.79 Å². The van der Waals surface area contributed by atoms with Crippen LogP contribution in [0.2, 0.25) is 10.0 Å². The highest BCUT2D eigenvalue weighted by atomic mass is 35.5. The van der Waals surface area contributed by atoms with Gasteiger partial charge in [-0.1, -0.05) is 36.2 Å². The molecule has 1 N–H and O–H groups in total. The van der Waals surface area contributed by atoms with E-state index in [0.29, 0.717) is 28.3 Å². The normalized spacial score (nSPS) is 20.8. The summed E-state index contributed by atoms with van der Waals surface area (Å²) in [5.41, 5.74) is 0.930. The predicted molar refractivity (Wildman–Crippen MR) is 97.0 cm³/mol. The molecule has 3 atom stereocenters. The van der Waals surface area contributed by atoms with Gasteiger partial charge in [-0.3, -0.25) is 4.79 Å². The first-order valence-corrected chi connectivity index (χ1v) is 9.07. The molecule has 1 aromatic carbocycles. The van der Waals surface area contributed by atoms with Gasteiger partial charge in [0.1, 0.15) is 0 Å². The molecular formula is C18H26Cl2N2O. The Morgan fingerprint density at radius 1 is 1.39 bits per heavy atom. The fourth-order valence-corrected chi connectivity index (χ4v) is 3.78. The first-order valence-electron chi connectivity index (χ1n) is 8.31. The number of piperidine rings is 1. The Kier molecular flexibility index (Phi) is 6.75. The summed E-state index contributed by atoms with van der Waals surface area (Å²) in [5.74, 6) is 1.16. The second-order valence-corrected chi connectivity index (χ2v) is 7.48. The van der Waals surface area contributed by atoms with Crippen molar-refractivity contribution in [2.24, 2.45) is 11.8 Å². The van der Waals surface area contributed by atoms with Crippen LogP contribution in [-0.2, 0) is 4.79 Å². The summed E-state index contributed by atoms with van der Waals surface area (Å²) in [5, 5.41) is 4.64. The van der Waals surface area contributed by atoms with Gasteiger partial charge in [0.05, 0.1) is 6.04 Å². The van der Waals surface area contributed by atoms with E-state index >= 15 is 0 Å². The van der Waals surface area contributed by atoms with Crippen molar-refractivity contribution in [1.29, 1.82) is 0 Å². The van der Waals surface area contributed by atoms with Gasteiger partial charge in [-0.2, -0.15) is 0 Å². The van der Waals surface area contributed by atoms with Crippen molar-refractivity contribution >= 4 is 29.1 Å². The number of halogens is 2. The monoisotopic (exact) mass is 356 g/mol. The molecule has 1 fully saturated rings. The fraction of sp³-hybridized carbons (Fsp3) is 0.611. The summed E-state index contributed by atoms with van der Waals surface area (Å²) in [6.07, 6.45) is 3.00. The maximum atomic E-state index is 12.6. The van der Waals surface area contributed by atoms with Gasteiger partial charge in [0.2, 0.25) is 5.91 Å². The highest BCUT2D eigenvalue weighted by Crippen LogP contribution is 2.30. The van der Waals surface area contributed by atoms with Crippen LogP contribution < -0.4 is 5.32 Å². The molecule has 3 nitrogen and oxygen atoms in total. The summed E-state index contributed by atoms with van der Waals surface area (Å²) in [6.45, 7) is 6.31. The number of amides is 1. The SMILES string of the molecule is CC(CC(=O)N(C)C(C)c1ccc(Cl)cc1Cl)C1CCCNC1. The minimum absolute atomic E-state index is 0.0658. The van der Waals surface area contributed by atoms with E-state index in [9.17, 15) is 4.79 Å². The van der Waals surface area contributed by atoms with Crippen LogP contribution >= 0.6 is 23.2 Å². The van der Waals surface area contributed by atoms with Crippen LogP contribution in [0, 0.1) is 11.8 Å². The first kappa shape index (κ1) is 18.6. The van der Waals surface area contributed by atoms with Gasteiger partial charge in [0, 0.05) is 23.5 Å². The first-order chi connectivity index (χ1) is 10.9. The number of nitrogens with one attached hydrogen (secondary N) is 1. The molecule has 2 rings (SSSR count). The summed E-state index contributed by atoms with van der Waals surface area (Å²) in [6, 6.07) is 5.37. The van der Waals surface area contributed by atoms with Crippen LogP contribution in [0.4, 0.5) is 0 Å². The van der Waals surface area contributed by atoms with Crippen LogP contribution in [0.3, 0.4) is 0 Å². The van der Waals surface area contributed by atoms with Gasteiger partial charge in [-0.05, 0) is 62.4 Å². The second kappa shape index (κ2) is 8.36. The standard InChI is InChI=1S/C18H26Cl2N2O/c1-12(14-5-4-8-21-11-14)9-18(23)22(3)13(2)16-7-6-15(19)10-17(16)20/h6-7,10,12-14,21H,4-5,8-9,11H2,1-3H3. The summed E-state index contributed by atoms with van der Waals surface area (Å²) < 4.78 is 0. The number of hydrogen-bond donors (Lipinski definition) is 1. The molecular weight excluding hydrogens is 331 g/mol. The van der Waals surface area contributed by atoms with E-state index in [2.05, 4.69) is 12.2 Å². The van der Waals surface area contributed by atoms with Gasteiger partial charge in [-0.25, -0.2) is 0 Å². The molecule has 1 saturated heterocycles. The Hall–Kier alpha value is -0.770. The highest BCUT2D eigenvalue weighted by Gasteiger charge is 2.25. The zero-order valence-electron chi connectivity index (χ0n) is 14.1. The second-order valence-electron chi connectivity index (χ2n) is 6.63. The van der Waals surface area contributed by atoms with Crippen molar-refractivity contribution in [2.75, 3.05) is 20.1 Å². The number of nitrogens with zero attached hydrogens (tertiary/aromatic N) is 1. The summed E-state index contributed by atoms with van der Waals surface area (Å²) in [4.78, 5) is 14.4. The zero-order chi connectivity index (χ0) is 17.0. The van der Waals surface area contributed by atoms with Crippen molar-refractivity contribution in [1.82, 2.24) is 10.2 Å². The Bertz CT molecular complexity index is 544. The van der Waals surface area contributed by atoms with Gasteiger partial charge in [0.15, 0.2) is 0 Å². The van der Waals surface area contributed by atoms with E-state index in [-0.39, 0.29) is 11.9 Å². The number of rotatable bonds is 5. The van der Waals surface area contributed by atoms with Crippen LogP contribution in [-0.4, -0.2) is 30.9 Å². The molecule has 0 bridgehead atoms. The molecule has 128 valence electrons. The minimum atomic E-state index is -0.0658. The van der Waals surface area contributed by atoms with Crippen molar-refractivity contribution in [3.8, 4) is 0 Å². The van der Waals surface area contributed by atoms with E-state index in [0.717, 1.165) is 18.7 Å². The highest BCUT2D eigenvalue weighted by molar-refractivity contribution is 6.35. The molecule has 1 aromatic rings. The fourth-order valence-electron chi connectivity index (χ4n) is 3.22. The average Bonchev–Trinajstić information content (AvgIpc) is 2.54. The molecule has 0 spiro atoms. The number of carbonyl (C=O) groups is 1. The van der Waals surface area contributed by atoms with Crippen molar-refractivity contribution in [3.05, 3.63) is 33.8 Å². The third-order valence-electron chi connectivity index (χ3n) is 5.02. The molecule has 5 heteroatoms. The lowest BCUT2D eigenvalue weighted by Gasteiger charge is -2.31. The van der Waals surface area contributed by atoms with Gasteiger partial charge < -0.3 is 10.2 Å². The molecule has 0 saturated carbocycles. The third kappa shape index (κ3) is 4.85. The Balaban J connectivity index is 1.97. The third-order valence-corrected chi connectivity index (χ3v) is 5.59. The average molecular weight is 357 g/mol. The molecule has 0 radical (unpaired) electrons. The summed E-state index contributed by atoms with van der Waals surface area (Å²) >= 11 is 12.2. The van der Waals surface area contributed by atoms with E-state index in [1.54, 1.807) is 11.0 Å². The largest absolute Gasteiger partial charge is 0.339 e. The number of hydrogen-bond acceptors (Lipinski definition) is 2. The van der Waals surface area contributed by atoms with E-state index in [4.69, 9.17) is 23.2 Å². The molecule has 1 aliphatic heterocycles. The summed E-state index contributed by atoms with van der Waals surface area (Å²) in [7, 11) is 1.85. The van der Waals surface area contributed by atoms with Gasteiger partial charge in [0.25, 0.3) is 0 Å². The van der Waals surface area contributed by atoms with Crippen molar-refractivity contribution in [3.63, 3.8) is 0 Å². The minimum Gasteiger partial charge on any atom is -0.339 e. The lowest BCUT2D eigenvalue weighted by Crippen LogP contribution is -2.36. The topological polar surface area (TPSA) is 32.3 Å². The van der Waals surface area contributed by atoms with Gasteiger partial charge >= 0.3 is 0 Å². The lowest BCUT2D eigenvalue weighted by atomic mass is 9.85. The molecule has 0 aliphatic carbocycles. The molecule has 3 unspecified atom stereocenters. The van der Waals surface area contributed by atoms with E-state index < -0.39 is 0 Å². The van der Waals surface area contributed by atoms with Crippen LogP contribution in [0.25, 0.3) is 0 Å². The quantitative estimate of drug-likeness (QED) is 0.839. The Morgan fingerprint density at radius 2 is 2.13 bits per heavy atom. The predicted octanol–water partition coefficient (Wildman–Crippen LogP) is 4.54. The van der Waals surface area contributed by atoms with Crippen LogP contribution in [0.5, 0.6) is 0 Å². The van der Waals surface area contributed by atoms with Crippen molar-refractivity contribution in [2.45, 2.75) is 39.2 Å². The zero-order valence-corrected chi connectivity index (χ0v) is 15.6. The molecule has 23 heavy (non-hydrogen) atoms. The maximum Gasteiger partial charge on any atom is 0.223 e. The van der Waals surface area contributed by atoms with Gasteiger partial charge in [-0.15, -0.1) is 0 Å². The smallest absolute Gasteiger partial charge is 0.223 e. The molecule has 1 amide bonds. The van der Waals surface area contributed by atoms with E-state index in [1.807, 2.05) is 26.1 Å². The molecule has 1 aliphatic rings. The van der Waals surface area contributed by atoms with Crippen LogP contribution in [0.1, 0.15) is 44.7 Å². The Labute approximate surface area is 149 Å². The van der Waals surface area contributed by atoms with Crippen LogP contribution in [0.15, 0.2) is 18.2 Å².